The van der Waals surface area contributed by atoms with Gasteiger partial charge >= 0.3 is 0 Å². The zero-order valence-corrected chi connectivity index (χ0v) is 24.3. The Labute approximate surface area is 241 Å². The summed E-state index contributed by atoms with van der Waals surface area (Å²) in [6, 6.07) is 5.26. The van der Waals surface area contributed by atoms with Crippen LogP contribution in [0, 0.1) is 11.8 Å². The normalized spacial score (nSPS) is 19.9. The van der Waals surface area contributed by atoms with E-state index in [1.165, 1.54) is 25.5 Å². The number of carbonyl (C=O) groups excluding carboxylic acids is 1. The number of halogens is 3. The lowest BCUT2D eigenvalue weighted by Gasteiger charge is -2.31. The minimum atomic E-state index is -0.988. The third kappa shape index (κ3) is 7.94. The maximum absolute atomic E-state index is 13.6. The molecule has 3 rings (SSSR count). The number of amidine groups is 1. The van der Waals surface area contributed by atoms with Gasteiger partial charge in [-0.3, -0.25) is 9.79 Å². The number of allylic oxidation sites excluding steroid dienone is 6. The lowest BCUT2D eigenvalue weighted by atomic mass is 9.82. The average molecular weight is 572 g/mol. The molecule has 0 aromatic heterocycles. The van der Waals surface area contributed by atoms with E-state index < -0.39 is 11.7 Å². The van der Waals surface area contributed by atoms with Crippen molar-refractivity contribution in [3.05, 3.63) is 82.6 Å². The van der Waals surface area contributed by atoms with Crippen LogP contribution in [0.4, 0.5) is 8.78 Å². The van der Waals surface area contributed by atoms with Crippen molar-refractivity contribution in [1.29, 1.82) is 0 Å². The van der Waals surface area contributed by atoms with Gasteiger partial charge in [0.25, 0.3) is 5.91 Å². The summed E-state index contributed by atoms with van der Waals surface area (Å²) in [6.45, 7) is 6.91. The van der Waals surface area contributed by atoms with Crippen molar-refractivity contribution in [3.63, 3.8) is 0 Å². The van der Waals surface area contributed by atoms with Crippen LogP contribution in [-0.2, 0) is 0 Å². The Morgan fingerprint density at radius 3 is 2.62 bits per heavy atom. The number of aliphatic hydroxyl groups is 1. The standard InChI is InChI=1S/C32H40ClF2N3O2/c1-5-10-29(22-11-7-6-8-12-22)38-32(40)23-15-16-24(26(19-23)21(3)39)30-25(13-9-14-27(30)33)31(36-4)37-18-17-28(35)20(2)34/h9,14-19,22,25,29,39H,3,5-8,10-13H2,1-2,4H3,(H,36,37)(H,38,40)/b18-17+,28-20-. The number of benzene rings is 1. The van der Waals surface area contributed by atoms with E-state index in [1.807, 2.05) is 6.08 Å². The molecule has 2 atom stereocenters. The van der Waals surface area contributed by atoms with Crippen molar-refractivity contribution in [1.82, 2.24) is 10.6 Å². The zero-order chi connectivity index (χ0) is 29.2. The van der Waals surface area contributed by atoms with Gasteiger partial charge in [0.15, 0.2) is 5.83 Å². The number of nitrogens with zero attached hydrogens (tertiary/aromatic N) is 1. The topological polar surface area (TPSA) is 73.7 Å². The number of hydrogen-bond acceptors (Lipinski definition) is 3. The van der Waals surface area contributed by atoms with Gasteiger partial charge in [-0.15, -0.1) is 0 Å². The van der Waals surface area contributed by atoms with E-state index in [9.17, 15) is 18.7 Å². The fourth-order valence-corrected chi connectivity index (χ4v) is 5.89. The third-order valence-electron chi connectivity index (χ3n) is 7.62. The lowest BCUT2D eigenvalue weighted by Crippen LogP contribution is -2.41. The first kappa shape index (κ1) is 31.3. The van der Waals surface area contributed by atoms with Gasteiger partial charge in [0.2, 0.25) is 0 Å². The van der Waals surface area contributed by atoms with Crippen molar-refractivity contribution >= 4 is 34.7 Å². The molecule has 8 heteroatoms. The highest BCUT2D eigenvalue weighted by Gasteiger charge is 2.29. The molecule has 216 valence electrons. The Morgan fingerprint density at radius 1 is 1.27 bits per heavy atom. The van der Waals surface area contributed by atoms with E-state index in [4.69, 9.17) is 11.6 Å². The van der Waals surface area contributed by atoms with E-state index in [0.717, 1.165) is 38.7 Å². The molecule has 0 saturated heterocycles. The molecule has 2 aliphatic rings. The molecule has 2 aliphatic carbocycles. The first-order chi connectivity index (χ1) is 19.2. The van der Waals surface area contributed by atoms with E-state index in [0.29, 0.717) is 45.5 Å². The highest BCUT2D eigenvalue weighted by Crippen LogP contribution is 2.39. The molecule has 5 nitrogen and oxygen atoms in total. The molecule has 1 aromatic carbocycles. The number of rotatable bonds is 10. The second-order valence-corrected chi connectivity index (χ2v) is 10.8. The third-order valence-corrected chi connectivity index (χ3v) is 7.95. The minimum Gasteiger partial charge on any atom is -0.508 e. The maximum Gasteiger partial charge on any atom is 0.251 e. The van der Waals surface area contributed by atoms with Gasteiger partial charge in [-0.1, -0.05) is 62.9 Å². The van der Waals surface area contributed by atoms with E-state index in [-0.39, 0.29) is 23.6 Å². The average Bonchev–Trinajstić information content (AvgIpc) is 2.95. The van der Waals surface area contributed by atoms with Crippen molar-refractivity contribution in [3.8, 4) is 0 Å². The molecule has 1 amide bonds. The fourth-order valence-electron chi connectivity index (χ4n) is 5.57. The minimum absolute atomic E-state index is 0.117. The van der Waals surface area contributed by atoms with Gasteiger partial charge < -0.3 is 15.7 Å². The van der Waals surface area contributed by atoms with Crippen LogP contribution < -0.4 is 10.6 Å². The van der Waals surface area contributed by atoms with Crippen LogP contribution in [0.2, 0.25) is 0 Å². The molecule has 1 fully saturated rings. The first-order valence-electron chi connectivity index (χ1n) is 14.0. The monoisotopic (exact) mass is 571 g/mol. The number of hydrogen-bond donors (Lipinski definition) is 3. The van der Waals surface area contributed by atoms with Crippen LogP contribution in [0.25, 0.3) is 11.3 Å². The van der Waals surface area contributed by atoms with Gasteiger partial charge in [0, 0.05) is 41.4 Å². The molecule has 1 aromatic rings. The molecule has 40 heavy (non-hydrogen) atoms. The molecule has 3 N–H and O–H groups in total. The lowest BCUT2D eigenvalue weighted by molar-refractivity contribution is 0.0909. The first-order valence-corrected chi connectivity index (χ1v) is 14.4. The number of nitrogens with one attached hydrogen (secondary N) is 2. The van der Waals surface area contributed by atoms with Crippen LogP contribution in [0.15, 0.2) is 70.9 Å². The molecule has 0 heterocycles. The Morgan fingerprint density at radius 2 is 2.00 bits per heavy atom. The van der Waals surface area contributed by atoms with Gasteiger partial charge in [0.1, 0.15) is 17.4 Å². The molecule has 2 unspecified atom stereocenters. The Bertz CT molecular complexity index is 1240. The van der Waals surface area contributed by atoms with Crippen LogP contribution in [-0.4, -0.2) is 29.9 Å². The van der Waals surface area contributed by atoms with Crippen LogP contribution >= 0.6 is 11.6 Å². The summed E-state index contributed by atoms with van der Waals surface area (Å²) in [5, 5.41) is 17.2. The summed E-state index contributed by atoms with van der Waals surface area (Å²) in [4.78, 5) is 17.7. The Balaban J connectivity index is 1.92. The van der Waals surface area contributed by atoms with Crippen molar-refractivity contribution in [2.45, 2.75) is 71.3 Å². The highest BCUT2D eigenvalue weighted by molar-refractivity contribution is 6.35. The number of aliphatic imine (C=N–C) groups is 1. The smallest absolute Gasteiger partial charge is 0.251 e. The van der Waals surface area contributed by atoms with E-state index >= 15 is 0 Å². The fraction of sp³-hybridized carbons (Fsp3) is 0.438. The number of aliphatic hydroxyl groups excluding tert-OH is 1. The quantitative estimate of drug-likeness (QED) is 0.114. The van der Waals surface area contributed by atoms with Crippen molar-refractivity contribution < 1.29 is 18.7 Å². The van der Waals surface area contributed by atoms with Crippen LogP contribution in [0.3, 0.4) is 0 Å². The van der Waals surface area contributed by atoms with E-state index in [2.05, 4.69) is 29.1 Å². The summed E-state index contributed by atoms with van der Waals surface area (Å²) in [5.74, 6) is -1.70. The van der Waals surface area contributed by atoms with E-state index in [1.54, 1.807) is 31.3 Å². The Hall–Kier alpha value is -3.19. The van der Waals surface area contributed by atoms with Crippen LogP contribution in [0.5, 0.6) is 0 Å². The van der Waals surface area contributed by atoms with Gasteiger partial charge in [-0.2, -0.15) is 0 Å². The highest BCUT2D eigenvalue weighted by atomic mass is 35.5. The SMILES string of the molecule is C=C(O)c1cc(C(=O)NC(CCC)C2CCCCC2)ccc1C1=C(Cl)C=CCC1C(=NC)N/C=C/C(F)=C(\C)F. The Kier molecular flexibility index (Phi) is 11.7. The van der Waals surface area contributed by atoms with Crippen molar-refractivity contribution in [2.75, 3.05) is 7.05 Å². The van der Waals surface area contributed by atoms with Gasteiger partial charge in [-0.25, -0.2) is 8.78 Å². The van der Waals surface area contributed by atoms with Gasteiger partial charge in [0.05, 0.1) is 0 Å². The molecular formula is C32H40ClF2N3O2. The van der Waals surface area contributed by atoms with Crippen molar-refractivity contribution in [2.24, 2.45) is 16.8 Å². The summed E-state index contributed by atoms with van der Waals surface area (Å²) < 4.78 is 26.7. The predicted octanol–water partition coefficient (Wildman–Crippen LogP) is 8.52. The molecule has 1 saturated carbocycles. The summed E-state index contributed by atoms with van der Waals surface area (Å²) in [7, 11) is 1.59. The summed E-state index contributed by atoms with van der Waals surface area (Å²) in [6.07, 6.45) is 14.3. The molecule has 0 aliphatic heterocycles. The predicted molar refractivity (Wildman–Crippen MR) is 161 cm³/mol. The molecule has 0 spiro atoms. The maximum atomic E-state index is 13.6. The molecule has 0 radical (unpaired) electrons. The summed E-state index contributed by atoms with van der Waals surface area (Å²) in [5.41, 5.74) is 2.10. The molecule has 0 bridgehead atoms. The largest absolute Gasteiger partial charge is 0.508 e. The number of amides is 1. The zero-order valence-electron chi connectivity index (χ0n) is 23.6. The van der Waals surface area contributed by atoms with Crippen LogP contribution in [0.1, 0.15) is 86.7 Å². The number of carbonyl (C=O) groups is 1. The second-order valence-electron chi connectivity index (χ2n) is 10.4. The van der Waals surface area contributed by atoms with Gasteiger partial charge in [-0.05, 0) is 73.9 Å². The second kappa shape index (κ2) is 15.0. The summed E-state index contributed by atoms with van der Waals surface area (Å²) >= 11 is 6.69. The molecular weight excluding hydrogens is 532 g/mol.